The molecule has 0 rings (SSSR count). The lowest BCUT2D eigenvalue weighted by Gasteiger charge is -2.16. The first-order chi connectivity index (χ1) is 16.5. The predicted octanol–water partition coefficient (Wildman–Crippen LogP) is 6.21. The van der Waals surface area contributed by atoms with Gasteiger partial charge in [0.05, 0.1) is 6.61 Å². The second-order valence-electron chi connectivity index (χ2n) is 8.61. The number of halogens is 1. The summed E-state index contributed by atoms with van der Waals surface area (Å²) in [4.78, 5) is 22.7. The Labute approximate surface area is 221 Å². The van der Waals surface area contributed by atoms with Gasteiger partial charge in [-0.3, -0.25) is 0 Å². The number of ether oxygens (including phenoxy) is 3. The molecule has 0 heterocycles. The van der Waals surface area contributed by atoms with Crippen LogP contribution in [0.3, 0.4) is 0 Å². The second kappa shape index (κ2) is 32.9. The lowest BCUT2D eigenvalue weighted by molar-refractivity contribution is -0.0244. The number of hydrogen-bond donors (Lipinski definition) is 3. The van der Waals surface area contributed by atoms with Crippen molar-refractivity contribution in [2.45, 2.75) is 110 Å². The van der Waals surface area contributed by atoms with Gasteiger partial charge in [0.2, 0.25) is 0 Å². The molecule has 0 aliphatic carbocycles. The molecule has 0 radical (unpaired) electrons. The molecule has 1 unspecified atom stereocenters. The average molecular weight is 526 g/mol. The molecule has 0 aromatic heterocycles. The van der Waals surface area contributed by atoms with Crippen molar-refractivity contribution >= 4 is 24.5 Å². The van der Waals surface area contributed by atoms with Crippen LogP contribution in [-0.4, -0.2) is 65.8 Å². The molecule has 0 aliphatic heterocycles. The normalized spacial score (nSPS) is 11.0. The Morgan fingerprint density at radius 3 is 1.63 bits per heavy atom. The first kappa shape index (κ1) is 38.4. The third-order valence-corrected chi connectivity index (χ3v) is 5.23. The minimum absolute atomic E-state index is 0. The van der Waals surface area contributed by atoms with Crippen LogP contribution in [0.25, 0.3) is 0 Å². The molecule has 8 nitrogen and oxygen atoms in total. The fourth-order valence-electron chi connectivity index (χ4n) is 3.30. The highest BCUT2D eigenvalue weighted by atomic mass is 35.5. The number of nitrogens with one attached hydrogen (secondary N) is 3. The van der Waals surface area contributed by atoms with Crippen LogP contribution < -0.4 is 16.0 Å². The first-order valence-corrected chi connectivity index (χ1v) is 13.5. The molecule has 0 aromatic carbocycles. The molecule has 0 saturated heterocycles. The zero-order valence-corrected chi connectivity index (χ0v) is 24.1. The fraction of sp³-hybridized carbons (Fsp3) is 0.923. The van der Waals surface area contributed by atoms with E-state index < -0.39 is 12.1 Å². The molecule has 3 N–H and O–H groups in total. The molecule has 9 heteroatoms. The van der Waals surface area contributed by atoms with Gasteiger partial charge >= 0.3 is 12.1 Å². The van der Waals surface area contributed by atoms with Crippen LogP contribution >= 0.6 is 12.4 Å². The number of imide groups is 1. The van der Waals surface area contributed by atoms with E-state index in [0.29, 0.717) is 19.8 Å². The maximum Gasteiger partial charge on any atom is 0.415 e. The van der Waals surface area contributed by atoms with E-state index in [-0.39, 0.29) is 25.1 Å². The SMILES string of the molecule is CCCCCCCCCCCCCCCCOCC(COC(=O)NC(=O)NCC)OC.CNC.Cl. The van der Waals surface area contributed by atoms with E-state index in [1.54, 1.807) is 14.0 Å². The highest BCUT2D eigenvalue weighted by Gasteiger charge is 2.13. The number of methoxy groups -OCH3 is 1. The van der Waals surface area contributed by atoms with Gasteiger partial charge in [-0.25, -0.2) is 14.9 Å². The Balaban J connectivity index is -0.00000242. The number of hydrogen-bond acceptors (Lipinski definition) is 6. The van der Waals surface area contributed by atoms with Crippen LogP contribution in [0.15, 0.2) is 0 Å². The largest absolute Gasteiger partial charge is 0.446 e. The Kier molecular flexibility index (Phi) is 36.1. The molecule has 3 amide bonds. The second-order valence-corrected chi connectivity index (χ2v) is 8.61. The van der Waals surface area contributed by atoms with Gasteiger partial charge in [-0.2, -0.15) is 0 Å². The molecule has 35 heavy (non-hydrogen) atoms. The van der Waals surface area contributed by atoms with Gasteiger partial charge in [0.15, 0.2) is 0 Å². The quantitative estimate of drug-likeness (QED) is 0.154. The summed E-state index contributed by atoms with van der Waals surface area (Å²) in [6.45, 7) is 5.56. The number of carbonyl (C=O) groups is 2. The number of alkyl carbamates (subject to hydrolysis) is 1. The van der Waals surface area contributed by atoms with Crippen LogP contribution in [0.4, 0.5) is 9.59 Å². The van der Waals surface area contributed by atoms with Gasteiger partial charge in [-0.05, 0) is 27.4 Å². The Morgan fingerprint density at radius 1 is 0.743 bits per heavy atom. The van der Waals surface area contributed by atoms with Crippen molar-refractivity contribution in [1.82, 2.24) is 16.0 Å². The summed E-state index contributed by atoms with van der Waals surface area (Å²) in [5.41, 5.74) is 0. The number of carbonyl (C=O) groups excluding carboxylic acids is 2. The number of urea groups is 1. The number of unbranched alkanes of at least 4 members (excludes halogenated alkanes) is 13. The van der Waals surface area contributed by atoms with Crippen LogP contribution in [-0.2, 0) is 14.2 Å². The molecule has 0 aromatic rings. The zero-order valence-electron chi connectivity index (χ0n) is 23.3. The molecule has 0 fully saturated rings. The van der Waals surface area contributed by atoms with Gasteiger partial charge in [0.25, 0.3) is 0 Å². The topological polar surface area (TPSA) is 97.9 Å². The smallest absolute Gasteiger partial charge is 0.415 e. The first-order valence-electron chi connectivity index (χ1n) is 13.5. The van der Waals surface area contributed by atoms with Crippen molar-refractivity contribution in [3.8, 4) is 0 Å². The Morgan fingerprint density at radius 2 is 1.20 bits per heavy atom. The van der Waals surface area contributed by atoms with Crippen molar-refractivity contribution in [2.75, 3.05) is 47.6 Å². The summed E-state index contributed by atoms with van der Waals surface area (Å²) in [5.74, 6) is 0. The minimum atomic E-state index is -0.792. The maximum absolute atomic E-state index is 11.5. The summed E-state index contributed by atoms with van der Waals surface area (Å²) in [6, 6.07) is -0.574. The predicted molar refractivity (Wildman–Crippen MR) is 148 cm³/mol. The summed E-state index contributed by atoms with van der Waals surface area (Å²) >= 11 is 0. The standard InChI is InChI=1S/C24H48N2O5.C2H7N.ClH/c1-4-6-7-8-9-10-11-12-13-14-15-16-17-18-19-30-20-22(29-3)21-31-24(28)26-23(27)25-5-2;1-3-2;/h22H,4-21H2,1-3H3,(H2,25,26,27,28);3H,1-2H3;1H. The molecule has 0 aliphatic rings. The number of amides is 3. The lowest BCUT2D eigenvalue weighted by Crippen LogP contribution is -2.40. The maximum atomic E-state index is 11.5. The van der Waals surface area contributed by atoms with Crippen molar-refractivity contribution in [3.05, 3.63) is 0 Å². The molecule has 1 atom stereocenters. The lowest BCUT2D eigenvalue weighted by atomic mass is 10.0. The monoisotopic (exact) mass is 525 g/mol. The highest BCUT2D eigenvalue weighted by molar-refractivity contribution is 5.90. The van der Waals surface area contributed by atoms with Crippen LogP contribution in [0.1, 0.15) is 104 Å². The van der Waals surface area contributed by atoms with Crippen molar-refractivity contribution < 1.29 is 23.8 Å². The molecule has 0 bridgehead atoms. The third kappa shape index (κ3) is 32.9. The summed E-state index contributed by atoms with van der Waals surface area (Å²) in [6.07, 6.45) is 17.5. The summed E-state index contributed by atoms with van der Waals surface area (Å²) < 4.78 is 15.9. The Hall–Kier alpha value is -1.09. The molecule has 212 valence electrons. The van der Waals surface area contributed by atoms with Gasteiger partial charge in [-0.1, -0.05) is 90.4 Å². The fourth-order valence-corrected chi connectivity index (χ4v) is 3.30. The van der Waals surface area contributed by atoms with E-state index in [1.165, 1.54) is 83.5 Å². The van der Waals surface area contributed by atoms with Crippen LogP contribution in [0.2, 0.25) is 0 Å². The number of rotatable bonds is 21. The summed E-state index contributed by atoms with van der Waals surface area (Å²) in [5, 5.41) is 7.28. The van der Waals surface area contributed by atoms with Gasteiger partial charge in [-0.15, -0.1) is 12.4 Å². The average Bonchev–Trinajstić information content (AvgIpc) is 2.81. The molecule has 0 spiro atoms. The molecule has 0 saturated carbocycles. The van der Waals surface area contributed by atoms with Crippen molar-refractivity contribution in [2.24, 2.45) is 0 Å². The van der Waals surface area contributed by atoms with E-state index >= 15 is 0 Å². The van der Waals surface area contributed by atoms with Crippen LogP contribution in [0, 0.1) is 0 Å². The molecular weight excluding hydrogens is 470 g/mol. The van der Waals surface area contributed by atoms with Gasteiger partial charge in [0.1, 0.15) is 12.7 Å². The van der Waals surface area contributed by atoms with Crippen molar-refractivity contribution in [3.63, 3.8) is 0 Å². The van der Waals surface area contributed by atoms with Gasteiger partial charge in [0, 0.05) is 20.3 Å². The van der Waals surface area contributed by atoms with E-state index in [4.69, 9.17) is 14.2 Å². The highest BCUT2D eigenvalue weighted by Crippen LogP contribution is 2.13. The minimum Gasteiger partial charge on any atom is -0.446 e. The zero-order chi connectivity index (χ0) is 25.7. The van der Waals surface area contributed by atoms with Gasteiger partial charge < -0.3 is 24.8 Å². The third-order valence-electron chi connectivity index (χ3n) is 5.23. The van der Waals surface area contributed by atoms with E-state index in [9.17, 15) is 9.59 Å². The van der Waals surface area contributed by atoms with Crippen LogP contribution in [0.5, 0.6) is 0 Å². The van der Waals surface area contributed by atoms with Crippen molar-refractivity contribution in [1.29, 1.82) is 0 Å². The van der Waals surface area contributed by atoms with E-state index in [1.807, 2.05) is 14.1 Å². The Bertz CT molecular complexity index is 445. The van der Waals surface area contributed by atoms with E-state index in [0.717, 1.165) is 6.42 Å². The van der Waals surface area contributed by atoms with E-state index in [2.05, 4.69) is 22.9 Å². The molecular formula is C26H56ClN3O5. The summed E-state index contributed by atoms with van der Waals surface area (Å²) in [7, 11) is 5.30.